The predicted octanol–water partition coefficient (Wildman–Crippen LogP) is 4.39. The number of anilines is 1. The minimum atomic E-state index is -4.49. The van der Waals surface area contributed by atoms with Crippen LogP contribution in [0.2, 0.25) is 5.02 Å². The van der Waals surface area contributed by atoms with Gasteiger partial charge in [-0.15, -0.1) is 0 Å². The number of nitrogens with one attached hydrogen (secondary N) is 3. The number of benzene rings is 1. The van der Waals surface area contributed by atoms with Crippen LogP contribution in [0.3, 0.4) is 0 Å². The van der Waals surface area contributed by atoms with Crippen molar-refractivity contribution in [2.45, 2.75) is 46.1 Å². The molecular formula is C17H21ClF3N5OS. The number of rotatable bonds is 7. The number of carbonyl (C=O) groups excluding carboxylic acids is 1. The molecule has 6 nitrogen and oxygen atoms in total. The quantitative estimate of drug-likeness (QED) is 0.564. The van der Waals surface area contributed by atoms with E-state index in [1.165, 1.54) is 6.07 Å². The highest BCUT2D eigenvalue weighted by atomic mass is 35.5. The third kappa shape index (κ3) is 5.26. The van der Waals surface area contributed by atoms with Crippen LogP contribution < -0.4 is 10.6 Å². The van der Waals surface area contributed by atoms with E-state index in [9.17, 15) is 18.0 Å². The van der Waals surface area contributed by atoms with E-state index in [-0.39, 0.29) is 29.1 Å². The van der Waals surface area contributed by atoms with Crippen molar-refractivity contribution in [3.63, 3.8) is 0 Å². The van der Waals surface area contributed by atoms with E-state index in [0.717, 1.165) is 12.1 Å². The molecule has 0 aliphatic carbocycles. The molecule has 0 bridgehead atoms. The molecule has 0 aliphatic rings. The van der Waals surface area contributed by atoms with Gasteiger partial charge in [0, 0.05) is 6.54 Å². The molecule has 11 heteroatoms. The standard InChI is InChI=1S/C17H21ClF3N5OS/c1-4-26-13(24-25-16(26)28)8-22-15(27)14(9(2)3)23-12-6-5-10(7-11(12)18)17(19,20)21/h5-7,9,14,23H,4,8H2,1-3H3,(H,22,27)(H,25,28)/t14-/m0/s1. The molecule has 0 fully saturated rings. The van der Waals surface area contributed by atoms with Gasteiger partial charge in [-0.25, -0.2) is 0 Å². The van der Waals surface area contributed by atoms with Crippen molar-refractivity contribution in [1.82, 2.24) is 20.1 Å². The van der Waals surface area contributed by atoms with Crippen LogP contribution in [0.15, 0.2) is 18.2 Å². The maximum Gasteiger partial charge on any atom is 0.416 e. The highest BCUT2D eigenvalue weighted by molar-refractivity contribution is 7.71. The van der Waals surface area contributed by atoms with E-state index in [4.69, 9.17) is 23.8 Å². The Bertz CT molecular complexity index is 894. The second-order valence-corrected chi connectivity index (χ2v) is 7.26. The van der Waals surface area contributed by atoms with Crippen LogP contribution in [-0.4, -0.2) is 26.7 Å². The molecule has 0 saturated heterocycles. The van der Waals surface area contributed by atoms with Crippen molar-refractivity contribution in [3.05, 3.63) is 39.4 Å². The molecule has 1 aromatic carbocycles. The fraction of sp³-hybridized carbons (Fsp3) is 0.471. The fourth-order valence-corrected chi connectivity index (χ4v) is 3.11. The Morgan fingerprint density at radius 2 is 2.07 bits per heavy atom. The van der Waals surface area contributed by atoms with Gasteiger partial charge in [-0.2, -0.15) is 18.3 Å². The first-order valence-corrected chi connectivity index (χ1v) is 9.38. The van der Waals surface area contributed by atoms with Crippen LogP contribution in [-0.2, 0) is 24.1 Å². The summed E-state index contributed by atoms with van der Waals surface area (Å²) in [6.45, 7) is 6.30. The van der Waals surface area contributed by atoms with Gasteiger partial charge < -0.3 is 15.2 Å². The molecule has 0 radical (unpaired) electrons. The topological polar surface area (TPSA) is 74.7 Å². The molecule has 154 valence electrons. The van der Waals surface area contributed by atoms with Crippen LogP contribution >= 0.6 is 23.8 Å². The zero-order chi connectivity index (χ0) is 21.1. The Morgan fingerprint density at radius 1 is 1.39 bits per heavy atom. The van der Waals surface area contributed by atoms with Gasteiger partial charge in [-0.1, -0.05) is 25.4 Å². The smallest absolute Gasteiger partial charge is 0.372 e. The molecule has 1 aromatic heterocycles. The molecule has 1 amide bonds. The molecule has 1 atom stereocenters. The van der Waals surface area contributed by atoms with E-state index < -0.39 is 17.8 Å². The number of alkyl halides is 3. The highest BCUT2D eigenvalue weighted by Crippen LogP contribution is 2.34. The van der Waals surface area contributed by atoms with Crippen LogP contribution in [0.4, 0.5) is 18.9 Å². The molecule has 2 rings (SSSR count). The van der Waals surface area contributed by atoms with Crippen molar-refractivity contribution >= 4 is 35.4 Å². The van der Waals surface area contributed by atoms with Crippen molar-refractivity contribution in [2.75, 3.05) is 5.32 Å². The number of carbonyl (C=O) groups is 1. The molecule has 3 N–H and O–H groups in total. The van der Waals surface area contributed by atoms with Gasteiger partial charge >= 0.3 is 6.18 Å². The lowest BCUT2D eigenvalue weighted by Gasteiger charge is -2.23. The Morgan fingerprint density at radius 3 is 2.61 bits per heavy atom. The number of hydrogen-bond donors (Lipinski definition) is 3. The summed E-state index contributed by atoms with van der Waals surface area (Å²) in [5, 5.41) is 12.3. The van der Waals surface area contributed by atoms with E-state index in [0.29, 0.717) is 17.1 Å². The lowest BCUT2D eigenvalue weighted by molar-refractivity contribution is -0.137. The summed E-state index contributed by atoms with van der Waals surface area (Å²) in [5.41, 5.74) is -0.601. The molecule has 0 spiro atoms. The van der Waals surface area contributed by atoms with Gasteiger partial charge in [0.25, 0.3) is 0 Å². The summed E-state index contributed by atoms with van der Waals surface area (Å²) in [6.07, 6.45) is -4.49. The van der Waals surface area contributed by atoms with Crippen LogP contribution in [0, 0.1) is 10.7 Å². The lowest BCUT2D eigenvalue weighted by atomic mass is 10.0. The number of aromatic nitrogens is 3. The van der Waals surface area contributed by atoms with Gasteiger partial charge in [0.2, 0.25) is 5.91 Å². The van der Waals surface area contributed by atoms with Gasteiger partial charge in [-0.3, -0.25) is 9.89 Å². The zero-order valence-electron chi connectivity index (χ0n) is 15.5. The SMILES string of the molecule is CCn1c(CNC(=O)[C@@H](Nc2ccc(C(F)(F)F)cc2Cl)C(C)C)n[nH]c1=S. The Labute approximate surface area is 170 Å². The maximum atomic E-state index is 12.8. The van der Waals surface area contributed by atoms with E-state index in [1.807, 2.05) is 20.8 Å². The second kappa shape index (κ2) is 8.95. The summed E-state index contributed by atoms with van der Waals surface area (Å²) in [6, 6.07) is 2.27. The average molecular weight is 436 g/mol. The minimum absolute atomic E-state index is 0.111. The normalized spacial score (nSPS) is 12.9. The number of halogens is 4. The molecule has 28 heavy (non-hydrogen) atoms. The second-order valence-electron chi connectivity index (χ2n) is 6.47. The number of aromatic amines is 1. The molecule has 0 aliphatic heterocycles. The zero-order valence-corrected chi connectivity index (χ0v) is 17.1. The third-order valence-corrected chi connectivity index (χ3v) is 4.76. The Hall–Kier alpha value is -2.07. The summed E-state index contributed by atoms with van der Waals surface area (Å²) < 4.78 is 40.6. The van der Waals surface area contributed by atoms with Crippen molar-refractivity contribution in [3.8, 4) is 0 Å². The third-order valence-electron chi connectivity index (χ3n) is 4.13. The van der Waals surface area contributed by atoms with Crippen LogP contribution in [0.5, 0.6) is 0 Å². The average Bonchev–Trinajstić information content (AvgIpc) is 2.97. The molecule has 0 saturated carbocycles. The first kappa shape index (κ1) is 22.2. The van der Waals surface area contributed by atoms with Gasteiger partial charge in [0.1, 0.15) is 6.04 Å². The van der Waals surface area contributed by atoms with Gasteiger partial charge in [-0.05, 0) is 43.3 Å². The maximum absolute atomic E-state index is 12.8. The van der Waals surface area contributed by atoms with Crippen LogP contribution in [0.25, 0.3) is 0 Å². The number of amides is 1. The van der Waals surface area contributed by atoms with E-state index in [1.54, 1.807) is 4.57 Å². The molecular weight excluding hydrogens is 415 g/mol. The van der Waals surface area contributed by atoms with Crippen LogP contribution in [0.1, 0.15) is 32.2 Å². The minimum Gasteiger partial charge on any atom is -0.372 e. The lowest BCUT2D eigenvalue weighted by Crippen LogP contribution is -2.43. The molecule has 1 heterocycles. The Balaban J connectivity index is 2.12. The van der Waals surface area contributed by atoms with Crippen molar-refractivity contribution < 1.29 is 18.0 Å². The van der Waals surface area contributed by atoms with E-state index in [2.05, 4.69) is 20.8 Å². The predicted molar refractivity (Wildman–Crippen MR) is 104 cm³/mol. The number of nitrogens with zero attached hydrogens (tertiary/aromatic N) is 2. The summed E-state index contributed by atoms with van der Waals surface area (Å²) in [5.74, 6) is 0.101. The largest absolute Gasteiger partial charge is 0.416 e. The number of H-pyrrole nitrogens is 1. The fourth-order valence-electron chi connectivity index (χ4n) is 2.60. The summed E-state index contributed by atoms with van der Waals surface area (Å²) in [7, 11) is 0. The van der Waals surface area contributed by atoms with Gasteiger partial charge in [0.15, 0.2) is 10.6 Å². The monoisotopic (exact) mass is 435 g/mol. The summed E-state index contributed by atoms with van der Waals surface area (Å²) in [4.78, 5) is 12.6. The summed E-state index contributed by atoms with van der Waals surface area (Å²) >= 11 is 11.1. The van der Waals surface area contributed by atoms with E-state index >= 15 is 0 Å². The first-order valence-electron chi connectivity index (χ1n) is 8.59. The molecule has 2 aromatic rings. The highest BCUT2D eigenvalue weighted by Gasteiger charge is 2.31. The van der Waals surface area contributed by atoms with Gasteiger partial charge in [0.05, 0.1) is 22.8 Å². The Kier molecular flexibility index (Phi) is 7.11. The van der Waals surface area contributed by atoms with Crippen molar-refractivity contribution in [2.24, 2.45) is 5.92 Å². The first-order chi connectivity index (χ1) is 13.0. The number of hydrogen-bond acceptors (Lipinski definition) is 4. The molecule has 0 unspecified atom stereocenters. The van der Waals surface area contributed by atoms with Crippen molar-refractivity contribution in [1.29, 1.82) is 0 Å².